The van der Waals surface area contributed by atoms with Crippen molar-refractivity contribution in [2.24, 2.45) is 17.8 Å². The highest BCUT2D eigenvalue weighted by atomic mass is 16.5. The Morgan fingerprint density at radius 2 is 1.52 bits per heavy atom. The van der Waals surface area contributed by atoms with Gasteiger partial charge in [-0.3, -0.25) is 0 Å². The highest BCUT2D eigenvalue weighted by Crippen LogP contribution is 2.44. The number of hydrogen-bond donors (Lipinski definition) is 0. The minimum atomic E-state index is 0.717. The lowest BCUT2D eigenvalue weighted by Crippen LogP contribution is -2.25. The van der Waals surface area contributed by atoms with Gasteiger partial charge in [-0.2, -0.15) is 0 Å². The summed E-state index contributed by atoms with van der Waals surface area (Å²) in [6.07, 6.45) is 18.8. The van der Waals surface area contributed by atoms with E-state index in [1.807, 2.05) is 0 Å². The molecule has 2 aliphatic rings. The van der Waals surface area contributed by atoms with Crippen molar-refractivity contribution in [2.75, 3.05) is 6.61 Å². The van der Waals surface area contributed by atoms with Gasteiger partial charge >= 0.3 is 0 Å². The quantitative estimate of drug-likeness (QED) is 0.343. The standard InChI is InChI=1S/C26H38O/c1-3-5-6-19-27-20-22-9-13-24(14-10-22)26-17-15-25(16-18-26)23-11-7-21(4-2)8-12-23/h4-6,9-10,13-14,21,23,25-26H,2-3,7-8,11-12,15-20H2,1H3/t21-,23-,25?,26?. The molecule has 0 unspecified atom stereocenters. The molecule has 0 aromatic heterocycles. The van der Waals surface area contributed by atoms with Crippen molar-refractivity contribution in [1.29, 1.82) is 0 Å². The van der Waals surface area contributed by atoms with Crippen LogP contribution in [-0.2, 0) is 11.3 Å². The maximum absolute atomic E-state index is 5.71. The topological polar surface area (TPSA) is 9.23 Å². The monoisotopic (exact) mass is 366 g/mol. The molecule has 1 aromatic rings. The first-order valence-electron chi connectivity index (χ1n) is 11.2. The maximum atomic E-state index is 5.71. The SMILES string of the molecule is C=C[C@H]1CC[C@H](C2CCC(c3ccc(COCC=CCC)cc3)CC2)CC1. The molecule has 0 radical (unpaired) electrons. The van der Waals surface area contributed by atoms with E-state index in [4.69, 9.17) is 4.74 Å². The molecule has 27 heavy (non-hydrogen) atoms. The van der Waals surface area contributed by atoms with Crippen molar-refractivity contribution >= 4 is 0 Å². The average molecular weight is 367 g/mol. The summed E-state index contributed by atoms with van der Waals surface area (Å²) < 4.78 is 5.71. The van der Waals surface area contributed by atoms with E-state index < -0.39 is 0 Å². The molecule has 0 atom stereocenters. The zero-order chi connectivity index (χ0) is 18.9. The molecule has 1 nitrogen and oxygen atoms in total. The summed E-state index contributed by atoms with van der Waals surface area (Å²) in [6, 6.07) is 9.23. The van der Waals surface area contributed by atoms with Gasteiger partial charge < -0.3 is 4.74 Å². The molecule has 2 aliphatic carbocycles. The fourth-order valence-electron chi connectivity index (χ4n) is 5.14. The summed E-state index contributed by atoms with van der Waals surface area (Å²) in [5.41, 5.74) is 2.83. The molecule has 0 saturated heterocycles. The lowest BCUT2D eigenvalue weighted by Gasteiger charge is -2.37. The first-order chi connectivity index (χ1) is 13.3. The Kier molecular flexibility index (Phi) is 8.20. The van der Waals surface area contributed by atoms with E-state index in [1.165, 1.54) is 56.9 Å². The molecule has 0 bridgehead atoms. The normalized spacial score (nSPS) is 29.1. The molecule has 0 aliphatic heterocycles. The minimum Gasteiger partial charge on any atom is -0.373 e. The van der Waals surface area contributed by atoms with Crippen LogP contribution in [0.25, 0.3) is 0 Å². The summed E-state index contributed by atoms with van der Waals surface area (Å²) in [4.78, 5) is 0. The van der Waals surface area contributed by atoms with Gasteiger partial charge in [-0.25, -0.2) is 0 Å². The summed E-state index contributed by atoms with van der Waals surface area (Å²) in [5.74, 6) is 3.54. The van der Waals surface area contributed by atoms with E-state index >= 15 is 0 Å². The fraction of sp³-hybridized carbons (Fsp3) is 0.615. The van der Waals surface area contributed by atoms with Crippen LogP contribution in [0.2, 0.25) is 0 Å². The molecule has 0 amide bonds. The second-order valence-corrected chi connectivity index (χ2v) is 8.66. The van der Waals surface area contributed by atoms with Gasteiger partial charge in [0.05, 0.1) is 13.2 Å². The Morgan fingerprint density at radius 1 is 0.889 bits per heavy atom. The molecular weight excluding hydrogens is 328 g/mol. The molecule has 1 heteroatoms. The smallest absolute Gasteiger partial charge is 0.0721 e. The van der Waals surface area contributed by atoms with Gasteiger partial charge in [-0.15, -0.1) is 6.58 Å². The molecule has 0 spiro atoms. The highest BCUT2D eigenvalue weighted by molar-refractivity contribution is 5.25. The van der Waals surface area contributed by atoms with Crippen LogP contribution in [0, 0.1) is 17.8 Å². The summed E-state index contributed by atoms with van der Waals surface area (Å²) in [6.45, 7) is 7.57. The Balaban J connectivity index is 1.41. The second kappa shape index (κ2) is 10.9. The van der Waals surface area contributed by atoms with Crippen LogP contribution in [0.4, 0.5) is 0 Å². The van der Waals surface area contributed by atoms with Gasteiger partial charge in [0.25, 0.3) is 0 Å². The average Bonchev–Trinajstić information content (AvgIpc) is 2.74. The van der Waals surface area contributed by atoms with Crippen LogP contribution in [0.15, 0.2) is 49.1 Å². The number of hydrogen-bond acceptors (Lipinski definition) is 1. The van der Waals surface area contributed by atoms with E-state index in [2.05, 4.69) is 56.0 Å². The maximum Gasteiger partial charge on any atom is 0.0721 e. The lowest BCUT2D eigenvalue weighted by atomic mass is 9.68. The Morgan fingerprint density at radius 3 is 2.11 bits per heavy atom. The van der Waals surface area contributed by atoms with E-state index in [-0.39, 0.29) is 0 Å². The van der Waals surface area contributed by atoms with Crippen LogP contribution in [0.5, 0.6) is 0 Å². The third kappa shape index (κ3) is 6.07. The van der Waals surface area contributed by atoms with E-state index in [0.717, 1.165) is 30.1 Å². The Labute approximate surface area is 166 Å². The second-order valence-electron chi connectivity index (χ2n) is 8.66. The first kappa shape index (κ1) is 20.4. The summed E-state index contributed by atoms with van der Waals surface area (Å²) in [7, 11) is 0. The van der Waals surface area contributed by atoms with Gasteiger partial charge in [0.15, 0.2) is 0 Å². The fourth-order valence-corrected chi connectivity index (χ4v) is 5.14. The van der Waals surface area contributed by atoms with Crippen LogP contribution < -0.4 is 0 Å². The molecule has 2 saturated carbocycles. The third-order valence-electron chi connectivity index (χ3n) is 6.92. The van der Waals surface area contributed by atoms with Gasteiger partial charge in [-0.1, -0.05) is 49.4 Å². The Bertz CT molecular complexity index is 569. The van der Waals surface area contributed by atoms with Crippen molar-refractivity contribution in [3.63, 3.8) is 0 Å². The molecule has 3 rings (SSSR count). The van der Waals surface area contributed by atoms with E-state index in [9.17, 15) is 0 Å². The molecule has 0 heterocycles. The van der Waals surface area contributed by atoms with Gasteiger partial charge in [0.1, 0.15) is 0 Å². The molecule has 0 N–H and O–H groups in total. The molecule has 148 valence electrons. The van der Waals surface area contributed by atoms with Crippen molar-refractivity contribution in [1.82, 2.24) is 0 Å². The van der Waals surface area contributed by atoms with Gasteiger partial charge in [-0.05, 0) is 92.6 Å². The van der Waals surface area contributed by atoms with Crippen molar-refractivity contribution in [3.8, 4) is 0 Å². The number of benzene rings is 1. The summed E-state index contributed by atoms with van der Waals surface area (Å²) >= 11 is 0. The molecular formula is C26H38O. The van der Waals surface area contributed by atoms with E-state index in [1.54, 1.807) is 5.56 Å². The lowest BCUT2D eigenvalue weighted by molar-refractivity contribution is 0.148. The summed E-state index contributed by atoms with van der Waals surface area (Å²) in [5, 5.41) is 0. The predicted octanol–water partition coefficient (Wildman–Crippen LogP) is 7.44. The van der Waals surface area contributed by atoms with Gasteiger partial charge in [0, 0.05) is 0 Å². The largest absolute Gasteiger partial charge is 0.373 e. The first-order valence-corrected chi connectivity index (χ1v) is 11.2. The molecule has 2 fully saturated rings. The number of allylic oxidation sites excluding steroid dienone is 2. The molecule has 1 aromatic carbocycles. The predicted molar refractivity (Wildman–Crippen MR) is 116 cm³/mol. The van der Waals surface area contributed by atoms with Crippen molar-refractivity contribution in [2.45, 2.75) is 77.2 Å². The third-order valence-corrected chi connectivity index (χ3v) is 6.92. The van der Waals surface area contributed by atoms with Crippen LogP contribution >= 0.6 is 0 Å². The Hall–Kier alpha value is -1.34. The number of rotatable bonds is 8. The zero-order valence-electron chi connectivity index (χ0n) is 17.2. The van der Waals surface area contributed by atoms with Crippen molar-refractivity contribution < 1.29 is 4.74 Å². The number of ether oxygens (including phenoxy) is 1. The van der Waals surface area contributed by atoms with Crippen LogP contribution in [0.3, 0.4) is 0 Å². The van der Waals surface area contributed by atoms with E-state index in [0.29, 0.717) is 13.2 Å². The van der Waals surface area contributed by atoms with Crippen LogP contribution in [-0.4, -0.2) is 6.61 Å². The minimum absolute atomic E-state index is 0.717. The van der Waals surface area contributed by atoms with Crippen molar-refractivity contribution in [3.05, 3.63) is 60.2 Å². The van der Waals surface area contributed by atoms with Gasteiger partial charge in [0.2, 0.25) is 0 Å². The highest BCUT2D eigenvalue weighted by Gasteiger charge is 2.30. The zero-order valence-corrected chi connectivity index (χ0v) is 17.2. The van der Waals surface area contributed by atoms with Crippen LogP contribution in [0.1, 0.15) is 81.8 Å².